The van der Waals surface area contributed by atoms with Crippen molar-refractivity contribution >= 4 is 11.0 Å². The average Bonchev–Trinajstić information content (AvgIpc) is 3.08. The Morgan fingerprint density at radius 1 is 1.26 bits per heavy atom. The first-order chi connectivity index (χ1) is 9.05. The lowest BCUT2D eigenvalue weighted by molar-refractivity contribution is 0.556. The van der Waals surface area contributed by atoms with E-state index in [2.05, 4.69) is 44.3 Å². The van der Waals surface area contributed by atoms with Crippen molar-refractivity contribution in [3.8, 4) is 0 Å². The average molecular weight is 257 g/mol. The number of nitrogens with one attached hydrogen (secondary N) is 1. The molecule has 2 nitrogen and oxygen atoms in total. The summed E-state index contributed by atoms with van der Waals surface area (Å²) >= 11 is 0. The monoisotopic (exact) mass is 257 g/mol. The van der Waals surface area contributed by atoms with Crippen LogP contribution in [-0.2, 0) is 11.8 Å². The SMILES string of the molecule is CC(C)(C)c1cccc2c(CCNC3CC3)coc12. The molecule has 2 heteroatoms. The lowest BCUT2D eigenvalue weighted by atomic mass is 9.86. The molecule has 1 fully saturated rings. The van der Waals surface area contributed by atoms with E-state index in [1.165, 1.54) is 29.4 Å². The molecule has 0 atom stereocenters. The second kappa shape index (κ2) is 4.68. The van der Waals surface area contributed by atoms with Crippen molar-refractivity contribution < 1.29 is 4.42 Å². The molecule has 0 bridgehead atoms. The number of benzene rings is 1. The summed E-state index contributed by atoms with van der Waals surface area (Å²) in [6.45, 7) is 7.76. The third-order valence-corrected chi connectivity index (χ3v) is 3.89. The maximum absolute atomic E-state index is 5.85. The predicted molar refractivity (Wildman–Crippen MR) is 79.6 cm³/mol. The second-order valence-electron chi connectivity index (χ2n) is 6.67. The molecule has 0 radical (unpaired) electrons. The molecule has 0 amide bonds. The molecule has 1 N–H and O–H groups in total. The van der Waals surface area contributed by atoms with Gasteiger partial charge < -0.3 is 9.73 Å². The van der Waals surface area contributed by atoms with Crippen LogP contribution in [0.1, 0.15) is 44.7 Å². The van der Waals surface area contributed by atoms with Crippen LogP contribution >= 0.6 is 0 Å². The van der Waals surface area contributed by atoms with Gasteiger partial charge in [0.15, 0.2) is 0 Å². The molecule has 3 rings (SSSR count). The van der Waals surface area contributed by atoms with E-state index in [0.29, 0.717) is 0 Å². The molecule has 1 aliphatic rings. The van der Waals surface area contributed by atoms with Crippen LogP contribution < -0.4 is 5.32 Å². The van der Waals surface area contributed by atoms with Gasteiger partial charge in [-0.2, -0.15) is 0 Å². The van der Waals surface area contributed by atoms with Crippen molar-refractivity contribution in [1.82, 2.24) is 5.32 Å². The Balaban J connectivity index is 1.85. The van der Waals surface area contributed by atoms with Crippen molar-refractivity contribution in [3.63, 3.8) is 0 Å². The number of rotatable bonds is 4. The van der Waals surface area contributed by atoms with Crippen molar-refractivity contribution in [2.75, 3.05) is 6.54 Å². The van der Waals surface area contributed by atoms with Gasteiger partial charge in [-0.25, -0.2) is 0 Å². The van der Waals surface area contributed by atoms with E-state index in [-0.39, 0.29) is 5.41 Å². The molecule has 102 valence electrons. The van der Waals surface area contributed by atoms with Crippen molar-refractivity contribution in [1.29, 1.82) is 0 Å². The maximum atomic E-state index is 5.85. The molecule has 0 spiro atoms. The van der Waals surface area contributed by atoms with Gasteiger partial charge in [0.1, 0.15) is 5.58 Å². The van der Waals surface area contributed by atoms with Crippen LogP contribution in [0.5, 0.6) is 0 Å². The highest BCUT2D eigenvalue weighted by Gasteiger charge is 2.21. The van der Waals surface area contributed by atoms with Crippen LogP contribution in [0.4, 0.5) is 0 Å². The van der Waals surface area contributed by atoms with Crippen LogP contribution in [0.3, 0.4) is 0 Å². The Morgan fingerprint density at radius 3 is 2.74 bits per heavy atom. The first kappa shape index (κ1) is 12.7. The minimum absolute atomic E-state index is 0.126. The molecule has 1 heterocycles. The number of fused-ring (bicyclic) bond motifs is 1. The van der Waals surface area contributed by atoms with Gasteiger partial charge in [0, 0.05) is 17.0 Å². The van der Waals surface area contributed by atoms with Crippen molar-refractivity contribution in [2.45, 2.75) is 51.5 Å². The molecule has 0 unspecified atom stereocenters. The summed E-state index contributed by atoms with van der Waals surface area (Å²) in [5.74, 6) is 0. The summed E-state index contributed by atoms with van der Waals surface area (Å²) in [5, 5.41) is 4.85. The van der Waals surface area contributed by atoms with Crippen molar-refractivity contribution in [3.05, 3.63) is 35.6 Å². The summed E-state index contributed by atoms with van der Waals surface area (Å²) in [4.78, 5) is 0. The lowest BCUT2D eigenvalue weighted by Crippen LogP contribution is -2.19. The van der Waals surface area contributed by atoms with Gasteiger partial charge in [-0.1, -0.05) is 39.0 Å². The molecule has 1 aliphatic carbocycles. The third-order valence-electron chi connectivity index (χ3n) is 3.89. The van der Waals surface area contributed by atoms with Gasteiger partial charge >= 0.3 is 0 Å². The summed E-state index contributed by atoms with van der Waals surface area (Å²) in [6, 6.07) is 7.29. The van der Waals surface area contributed by atoms with Gasteiger partial charge in [0.25, 0.3) is 0 Å². The van der Waals surface area contributed by atoms with Crippen LogP contribution in [0.25, 0.3) is 11.0 Å². The first-order valence-corrected chi connectivity index (χ1v) is 7.28. The second-order valence-corrected chi connectivity index (χ2v) is 6.67. The smallest absolute Gasteiger partial charge is 0.137 e. The highest BCUT2D eigenvalue weighted by molar-refractivity contribution is 5.84. The zero-order valence-electron chi connectivity index (χ0n) is 12.1. The standard InChI is InChI=1S/C17H23NO/c1-17(2,3)15-6-4-5-14-12(11-19-16(14)15)9-10-18-13-7-8-13/h4-6,11,13,18H,7-10H2,1-3H3. The number of hydrogen-bond acceptors (Lipinski definition) is 2. The van der Waals surface area contributed by atoms with Gasteiger partial charge in [-0.3, -0.25) is 0 Å². The first-order valence-electron chi connectivity index (χ1n) is 7.28. The van der Waals surface area contributed by atoms with E-state index in [4.69, 9.17) is 4.42 Å². The zero-order valence-corrected chi connectivity index (χ0v) is 12.1. The molecule has 1 aromatic carbocycles. The van der Waals surface area contributed by atoms with Gasteiger partial charge in [-0.05, 0) is 36.8 Å². The Morgan fingerprint density at radius 2 is 2.05 bits per heavy atom. The quantitative estimate of drug-likeness (QED) is 0.894. The van der Waals surface area contributed by atoms with Crippen LogP contribution in [-0.4, -0.2) is 12.6 Å². The Bertz CT molecular complexity index is 572. The van der Waals surface area contributed by atoms with Gasteiger partial charge in [0.05, 0.1) is 6.26 Å². The predicted octanol–water partition coefficient (Wildman–Crippen LogP) is 4.02. The largest absolute Gasteiger partial charge is 0.464 e. The summed E-state index contributed by atoms with van der Waals surface area (Å²) in [5.41, 5.74) is 3.82. The zero-order chi connectivity index (χ0) is 13.5. The maximum Gasteiger partial charge on any atom is 0.137 e. The van der Waals surface area contributed by atoms with E-state index in [1.54, 1.807) is 0 Å². The highest BCUT2D eigenvalue weighted by atomic mass is 16.3. The minimum atomic E-state index is 0.126. The third kappa shape index (κ3) is 2.69. The van der Waals surface area contributed by atoms with Crippen LogP contribution in [0, 0.1) is 0 Å². The molecule has 19 heavy (non-hydrogen) atoms. The van der Waals surface area contributed by atoms with Gasteiger partial charge in [-0.15, -0.1) is 0 Å². The van der Waals surface area contributed by atoms with E-state index >= 15 is 0 Å². The number of hydrogen-bond donors (Lipinski definition) is 1. The normalized spacial score (nSPS) is 16.2. The van der Waals surface area contributed by atoms with E-state index in [9.17, 15) is 0 Å². The molecule has 2 aromatic rings. The van der Waals surface area contributed by atoms with Gasteiger partial charge in [0.2, 0.25) is 0 Å². The Labute approximate surface area is 115 Å². The van der Waals surface area contributed by atoms with E-state index in [0.717, 1.165) is 24.6 Å². The molecule has 1 aromatic heterocycles. The molecule has 0 aliphatic heterocycles. The number of para-hydroxylation sites is 1. The summed E-state index contributed by atoms with van der Waals surface area (Å²) in [7, 11) is 0. The van der Waals surface area contributed by atoms with Crippen LogP contribution in [0.15, 0.2) is 28.9 Å². The summed E-state index contributed by atoms with van der Waals surface area (Å²) in [6.07, 6.45) is 5.69. The molecular formula is C17H23NO. The fourth-order valence-electron chi connectivity index (χ4n) is 2.59. The molecular weight excluding hydrogens is 234 g/mol. The molecule has 1 saturated carbocycles. The highest BCUT2D eigenvalue weighted by Crippen LogP contribution is 2.32. The molecule has 0 saturated heterocycles. The Kier molecular flexibility index (Phi) is 3.14. The topological polar surface area (TPSA) is 25.2 Å². The van der Waals surface area contributed by atoms with E-state index in [1.807, 2.05) is 6.26 Å². The fourth-order valence-corrected chi connectivity index (χ4v) is 2.59. The number of furan rings is 1. The summed E-state index contributed by atoms with van der Waals surface area (Å²) < 4.78 is 5.85. The van der Waals surface area contributed by atoms with Crippen LogP contribution in [0.2, 0.25) is 0 Å². The fraction of sp³-hybridized carbons (Fsp3) is 0.529. The minimum Gasteiger partial charge on any atom is -0.464 e. The van der Waals surface area contributed by atoms with E-state index < -0.39 is 0 Å². The lowest BCUT2D eigenvalue weighted by Gasteiger charge is -2.18. The van der Waals surface area contributed by atoms with Crippen molar-refractivity contribution in [2.24, 2.45) is 0 Å². The Hall–Kier alpha value is -1.28.